The molecule has 0 N–H and O–H groups in total. The first kappa shape index (κ1) is 10.8. The molecule has 1 heterocycles. The number of aromatic nitrogens is 1. The number of ether oxygens (including phenoxy) is 1. The normalized spacial score (nSPS) is 22.5. The summed E-state index contributed by atoms with van der Waals surface area (Å²) in [5.74, 6) is -2.57. The van der Waals surface area contributed by atoms with Crippen molar-refractivity contribution >= 4 is 15.9 Å². The maximum Gasteiger partial charge on any atom is 0.255 e. The van der Waals surface area contributed by atoms with Crippen LogP contribution in [0.15, 0.2) is 16.9 Å². The molecule has 82 valence electrons. The van der Waals surface area contributed by atoms with Crippen molar-refractivity contribution in [2.75, 3.05) is 6.61 Å². The molecule has 1 aromatic rings. The second kappa shape index (κ2) is 3.70. The van der Waals surface area contributed by atoms with Crippen molar-refractivity contribution < 1.29 is 13.5 Å². The van der Waals surface area contributed by atoms with E-state index in [1.165, 1.54) is 0 Å². The van der Waals surface area contributed by atoms with Gasteiger partial charge >= 0.3 is 0 Å². The lowest BCUT2D eigenvalue weighted by molar-refractivity contribution is 0.0854. The van der Waals surface area contributed by atoms with Gasteiger partial charge < -0.3 is 4.74 Å². The lowest BCUT2D eigenvalue weighted by Crippen LogP contribution is -2.06. The lowest BCUT2D eigenvalue weighted by Gasteiger charge is -2.07. The third-order valence-electron chi connectivity index (χ3n) is 2.43. The van der Waals surface area contributed by atoms with Crippen LogP contribution in [0.1, 0.15) is 12.0 Å². The van der Waals surface area contributed by atoms with Crippen molar-refractivity contribution in [3.8, 4) is 5.75 Å². The van der Waals surface area contributed by atoms with Crippen molar-refractivity contribution in [3.05, 3.63) is 22.4 Å². The maximum absolute atomic E-state index is 12.6. The Hall–Kier alpha value is -0.710. The van der Waals surface area contributed by atoms with Gasteiger partial charge in [-0.2, -0.15) is 0 Å². The van der Waals surface area contributed by atoms with Crippen molar-refractivity contribution in [3.63, 3.8) is 0 Å². The first-order chi connectivity index (χ1) is 6.99. The monoisotopic (exact) mass is 277 g/mol. The largest absolute Gasteiger partial charge is 0.491 e. The first-order valence-corrected chi connectivity index (χ1v) is 5.41. The average molecular weight is 278 g/mol. The van der Waals surface area contributed by atoms with E-state index in [4.69, 9.17) is 4.74 Å². The Morgan fingerprint density at radius 3 is 2.87 bits per heavy atom. The van der Waals surface area contributed by atoms with Crippen LogP contribution in [0.25, 0.3) is 0 Å². The third-order valence-corrected chi connectivity index (χ3v) is 2.86. The molecule has 2 nitrogen and oxygen atoms in total. The molecule has 0 aromatic carbocycles. The van der Waals surface area contributed by atoms with Crippen molar-refractivity contribution in [2.24, 2.45) is 5.92 Å². The van der Waals surface area contributed by atoms with E-state index in [-0.39, 0.29) is 13.0 Å². The summed E-state index contributed by atoms with van der Waals surface area (Å²) < 4.78 is 31.1. The van der Waals surface area contributed by atoms with Gasteiger partial charge in [-0.3, -0.25) is 0 Å². The van der Waals surface area contributed by atoms with E-state index in [0.717, 1.165) is 5.56 Å². The molecular weight excluding hydrogens is 268 g/mol. The summed E-state index contributed by atoms with van der Waals surface area (Å²) in [6.45, 7) is 1.92. The predicted octanol–water partition coefficient (Wildman–Crippen LogP) is 3.19. The summed E-state index contributed by atoms with van der Waals surface area (Å²) in [5.41, 5.74) is 0.890. The van der Waals surface area contributed by atoms with Crippen molar-refractivity contribution in [2.45, 2.75) is 19.3 Å². The fourth-order valence-electron chi connectivity index (χ4n) is 1.30. The molecule has 0 saturated heterocycles. The SMILES string of the molecule is Cc1cc(Br)ncc1OC[C@H]1CC1(F)F. The molecule has 5 heteroatoms. The molecule has 1 atom stereocenters. The van der Waals surface area contributed by atoms with Crippen LogP contribution >= 0.6 is 15.9 Å². The topological polar surface area (TPSA) is 22.1 Å². The standard InChI is InChI=1S/C10H10BrF2NO/c1-6-2-9(11)14-4-8(6)15-5-7-3-10(7,12)13/h2,4,7H,3,5H2,1H3/t7-/m1/s1. The maximum atomic E-state index is 12.6. The molecule has 1 aliphatic carbocycles. The molecule has 1 fully saturated rings. The highest BCUT2D eigenvalue weighted by molar-refractivity contribution is 9.10. The molecule has 2 rings (SSSR count). The summed E-state index contributed by atoms with van der Waals surface area (Å²) in [4.78, 5) is 3.98. The van der Waals surface area contributed by atoms with E-state index in [0.29, 0.717) is 10.4 Å². The third kappa shape index (κ3) is 2.45. The highest BCUT2D eigenvalue weighted by Gasteiger charge is 2.57. The predicted molar refractivity (Wildman–Crippen MR) is 55.2 cm³/mol. The molecule has 1 aliphatic rings. The Morgan fingerprint density at radius 1 is 1.67 bits per heavy atom. The molecule has 0 amide bonds. The number of rotatable bonds is 3. The Balaban J connectivity index is 1.94. The van der Waals surface area contributed by atoms with E-state index < -0.39 is 11.8 Å². The summed E-state index contributed by atoms with van der Waals surface area (Å²) in [7, 11) is 0. The zero-order valence-corrected chi connectivity index (χ0v) is 9.72. The minimum atomic E-state index is -2.52. The van der Waals surface area contributed by atoms with Crippen LogP contribution in [0, 0.1) is 12.8 Å². The van der Waals surface area contributed by atoms with Gasteiger partial charge in [-0.15, -0.1) is 0 Å². The fourth-order valence-corrected chi connectivity index (χ4v) is 1.75. The van der Waals surface area contributed by atoms with Crippen LogP contribution in [-0.2, 0) is 0 Å². The summed E-state index contributed by atoms with van der Waals surface area (Å²) in [6, 6.07) is 1.79. The number of hydrogen-bond donors (Lipinski definition) is 0. The minimum absolute atomic E-state index is 0.0595. The van der Waals surface area contributed by atoms with Gasteiger partial charge in [0.2, 0.25) is 0 Å². The number of hydrogen-bond acceptors (Lipinski definition) is 2. The molecule has 15 heavy (non-hydrogen) atoms. The highest BCUT2D eigenvalue weighted by atomic mass is 79.9. The van der Waals surface area contributed by atoms with Crippen molar-refractivity contribution in [1.29, 1.82) is 0 Å². The Kier molecular flexibility index (Phi) is 2.66. The van der Waals surface area contributed by atoms with Gasteiger partial charge in [0.1, 0.15) is 10.4 Å². The van der Waals surface area contributed by atoms with Gasteiger partial charge in [0.15, 0.2) is 0 Å². The quantitative estimate of drug-likeness (QED) is 0.792. The van der Waals surface area contributed by atoms with Crippen molar-refractivity contribution in [1.82, 2.24) is 4.98 Å². The van der Waals surface area contributed by atoms with E-state index in [2.05, 4.69) is 20.9 Å². The molecule has 0 bridgehead atoms. The fraction of sp³-hybridized carbons (Fsp3) is 0.500. The molecule has 0 aliphatic heterocycles. The number of nitrogens with zero attached hydrogens (tertiary/aromatic N) is 1. The van der Waals surface area contributed by atoms with E-state index >= 15 is 0 Å². The van der Waals surface area contributed by atoms with Gasteiger partial charge in [-0.25, -0.2) is 13.8 Å². The zero-order valence-electron chi connectivity index (χ0n) is 8.14. The van der Waals surface area contributed by atoms with Crippen LogP contribution in [0.5, 0.6) is 5.75 Å². The van der Waals surface area contributed by atoms with Crippen LogP contribution in [-0.4, -0.2) is 17.5 Å². The summed E-state index contributed by atoms with van der Waals surface area (Å²) in [5, 5.41) is 0. The Morgan fingerprint density at radius 2 is 2.33 bits per heavy atom. The molecule has 1 saturated carbocycles. The van der Waals surface area contributed by atoms with Crippen LogP contribution in [0.3, 0.4) is 0 Å². The van der Waals surface area contributed by atoms with E-state index in [1.54, 1.807) is 12.3 Å². The smallest absolute Gasteiger partial charge is 0.255 e. The van der Waals surface area contributed by atoms with Gasteiger partial charge in [0.25, 0.3) is 5.92 Å². The van der Waals surface area contributed by atoms with Crippen LogP contribution in [0.2, 0.25) is 0 Å². The zero-order chi connectivity index (χ0) is 11.1. The first-order valence-electron chi connectivity index (χ1n) is 4.62. The number of alkyl halides is 2. The summed E-state index contributed by atoms with van der Waals surface area (Å²) in [6.07, 6.45) is 1.48. The van der Waals surface area contributed by atoms with Gasteiger partial charge in [0, 0.05) is 6.42 Å². The molecule has 0 radical (unpaired) electrons. The summed E-state index contributed by atoms with van der Waals surface area (Å²) >= 11 is 3.22. The van der Waals surface area contributed by atoms with Crippen LogP contribution in [0.4, 0.5) is 8.78 Å². The average Bonchev–Trinajstić information content (AvgIpc) is 2.73. The molecular formula is C10H10BrF2NO. The minimum Gasteiger partial charge on any atom is -0.491 e. The van der Waals surface area contributed by atoms with Crippen LogP contribution < -0.4 is 4.74 Å². The number of halogens is 3. The van der Waals surface area contributed by atoms with E-state index in [1.807, 2.05) is 6.92 Å². The lowest BCUT2D eigenvalue weighted by atomic mass is 10.3. The highest BCUT2D eigenvalue weighted by Crippen LogP contribution is 2.48. The van der Waals surface area contributed by atoms with E-state index in [9.17, 15) is 8.78 Å². The molecule has 0 spiro atoms. The van der Waals surface area contributed by atoms with Gasteiger partial charge in [0.05, 0.1) is 18.7 Å². The Bertz CT molecular complexity index is 384. The second-order valence-electron chi connectivity index (χ2n) is 3.75. The second-order valence-corrected chi connectivity index (χ2v) is 4.56. The molecule has 0 unspecified atom stereocenters. The number of pyridine rings is 1. The Labute approximate surface area is 94.8 Å². The molecule has 1 aromatic heterocycles. The number of aryl methyl sites for hydroxylation is 1. The van der Waals surface area contributed by atoms with Gasteiger partial charge in [-0.1, -0.05) is 0 Å². The van der Waals surface area contributed by atoms with Gasteiger partial charge in [-0.05, 0) is 34.5 Å².